The van der Waals surface area contributed by atoms with E-state index in [1.54, 1.807) is 0 Å². The molecule has 0 unspecified atom stereocenters. The highest BCUT2D eigenvalue weighted by atomic mass is 32.1. The fraction of sp³-hybridized carbons (Fsp3) is 0.333. The first kappa shape index (κ1) is 14.7. The number of rotatable bonds is 5. The van der Waals surface area contributed by atoms with Crippen molar-refractivity contribution in [2.24, 2.45) is 5.73 Å². The van der Waals surface area contributed by atoms with Crippen molar-refractivity contribution >= 4 is 17.2 Å². The second kappa shape index (κ2) is 6.13. The molecule has 2 rings (SSSR count). The molecular weight excluding hydrogens is 273 g/mol. The third kappa shape index (κ3) is 3.22. The van der Waals surface area contributed by atoms with Crippen molar-refractivity contribution < 1.29 is 4.39 Å². The van der Waals surface area contributed by atoms with Gasteiger partial charge in [-0.1, -0.05) is 26.1 Å². The lowest BCUT2D eigenvalue weighted by atomic mass is 10.1. The molecule has 0 spiro atoms. The fourth-order valence-corrected chi connectivity index (χ4v) is 2.28. The summed E-state index contributed by atoms with van der Waals surface area (Å²) in [5.41, 5.74) is 9.12. The van der Waals surface area contributed by atoms with Gasteiger partial charge in [0.25, 0.3) is 0 Å². The Morgan fingerprint density at radius 1 is 1.25 bits per heavy atom. The van der Waals surface area contributed by atoms with E-state index < -0.39 is 0 Å². The van der Waals surface area contributed by atoms with Gasteiger partial charge in [0, 0.05) is 11.3 Å². The van der Waals surface area contributed by atoms with Crippen LogP contribution >= 0.6 is 12.2 Å². The number of thiocarbonyl (C=S) groups is 1. The van der Waals surface area contributed by atoms with E-state index in [0.29, 0.717) is 12.1 Å². The molecule has 0 aliphatic rings. The lowest BCUT2D eigenvalue weighted by Gasteiger charge is -2.08. The van der Waals surface area contributed by atoms with E-state index in [1.165, 1.54) is 12.1 Å². The van der Waals surface area contributed by atoms with Crippen LogP contribution < -0.4 is 5.73 Å². The molecule has 0 fully saturated rings. The molecule has 0 aliphatic heterocycles. The molecule has 2 N–H and O–H groups in total. The summed E-state index contributed by atoms with van der Waals surface area (Å²) in [5.74, 6) is -0.328. The fourth-order valence-electron chi connectivity index (χ4n) is 2.17. The number of hydrogen-bond donors (Lipinski definition) is 1. The molecule has 2 aromatic rings. The van der Waals surface area contributed by atoms with Gasteiger partial charge in [-0.25, -0.2) is 4.39 Å². The van der Waals surface area contributed by atoms with Crippen LogP contribution in [0.1, 0.15) is 36.4 Å². The van der Waals surface area contributed by atoms with Gasteiger partial charge in [-0.05, 0) is 42.7 Å². The van der Waals surface area contributed by atoms with Crippen LogP contribution in [0.25, 0.3) is 0 Å². The number of benzene rings is 1. The Balaban J connectivity index is 2.34. The van der Waals surface area contributed by atoms with Gasteiger partial charge in [-0.2, -0.15) is 5.10 Å². The molecule has 0 saturated heterocycles. The second-order valence-electron chi connectivity index (χ2n) is 4.70. The van der Waals surface area contributed by atoms with Crippen molar-refractivity contribution in [2.45, 2.75) is 33.2 Å². The van der Waals surface area contributed by atoms with Crippen LogP contribution in [-0.4, -0.2) is 14.8 Å². The summed E-state index contributed by atoms with van der Waals surface area (Å²) in [7, 11) is 0. The van der Waals surface area contributed by atoms with Crippen molar-refractivity contribution in [3.8, 4) is 0 Å². The van der Waals surface area contributed by atoms with E-state index in [9.17, 15) is 4.39 Å². The molecule has 1 heterocycles. The number of aromatic nitrogens is 2. The van der Waals surface area contributed by atoms with Gasteiger partial charge in [0.05, 0.1) is 12.2 Å². The first-order valence-corrected chi connectivity index (χ1v) is 7.09. The highest BCUT2D eigenvalue weighted by Gasteiger charge is 2.08. The molecule has 0 saturated carbocycles. The van der Waals surface area contributed by atoms with Crippen molar-refractivity contribution in [1.29, 1.82) is 0 Å². The van der Waals surface area contributed by atoms with Crippen LogP contribution in [0.2, 0.25) is 0 Å². The van der Waals surface area contributed by atoms with Crippen LogP contribution in [0.3, 0.4) is 0 Å². The van der Waals surface area contributed by atoms with Crippen LogP contribution in [0.15, 0.2) is 24.3 Å². The number of aryl methyl sites for hydroxylation is 2. The minimum Gasteiger partial charge on any atom is -0.389 e. The molecule has 3 nitrogen and oxygen atoms in total. The van der Waals surface area contributed by atoms with Gasteiger partial charge in [0.15, 0.2) is 0 Å². The molecule has 1 aromatic heterocycles. The quantitative estimate of drug-likeness (QED) is 0.862. The maximum atomic E-state index is 13.6. The van der Waals surface area contributed by atoms with E-state index in [4.69, 9.17) is 18.0 Å². The predicted octanol–water partition coefficient (Wildman–Crippen LogP) is 2.83. The molecule has 0 aliphatic carbocycles. The number of nitrogens with zero attached hydrogens (tertiary/aromatic N) is 2. The van der Waals surface area contributed by atoms with E-state index >= 15 is 0 Å². The highest BCUT2D eigenvalue weighted by molar-refractivity contribution is 7.80. The van der Waals surface area contributed by atoms with E-state index in [1.807, 2.05) is 10.7 Å². The summed E-state index contributed by atoms with van der Waals surface area (Å²) < 4.78 is 15.5. The SMILES string of the molecule is CCc1cc(CC)n(Cc2cc(F)cc(C(N)=S)c2)n1. The van der Waals surface area contributed by atoms with Crippen LogP contribution in [0, 0.1) is 5.82 Å². The summed E-state index contributed by atoms with van der Waals surface area (Å²) in [6.07, 6.45) is 1.78. The van der Waals surface area contributed by atoms with Crippen molar-refractivity contribution in [1.82, 2.24) is 9.78 Å². The van der Waals surface area contributed by atoms with E-state index in [0.717, 1.165) is 29.8 Å². The zero-order valence-electron chi connectivity index (χ0n) is 11.7. The lowest BCUT2D eigenvalue weighted by molar-refractivity contribution is 0.611. The first-order chi connectivity index (χ1) is 9.53. The summed E-state index contributed by atoms with van der Waals surface area (Å²) in [4.78, 5) is 0.205. The second-order valence-corrected chi connectivity index (χ2v) is 5.14. The smallest absolute Gasteiger partial charge is 0.124 e. The summed E-state index contributed by atoms with van der Waals surface area (Å²) in [6, 6.07) is 6.76. The Kier molecular flexibility index (Phi) is 4.49. The third-order valence-corrected chi connectivity index (χ3v) is 3.45. The van der Waals surface area contributed by atoms with Gasteiger partial charge in [-0.3, -0.25) is 4.68 Å². The number of nitrogens with two attached hydrogens (primary N) is 1. The van der Waals surface area contributed by atoms with Crippen molar-refractivity contribution in [3.05, 3.63) is 52.6 Å². The molecule has 0 atom stereocenters. The summed E-state index contributed by atoms with van der Waals surface area (Å²) in [6.45, 7) is 4.68. The first-order valence-electron chi connectivity index (χ1n) is 6.68. The Hall–Kier alpha value is -1.75. The molecule has 0 radical (unpaired) electrons. The Labute approximate surface area is 123 Å². The van der Waals surface area contributed by atoms with Gasteiger partial charge in [0.2, 0.25) is 0 Å². The normalized spacial score (nSPS) is 10.8. The molecule has 5 heteroatoms. The van der Waals surface area contributed by atoms with Gasteiger partial charge >= 0.3 is 0 Å². The topological polar surface area (TPSA) is 43.8 Å². The number of hydrogen-bond acceptors (Lipinski definition) is 2. The van der Waals surface area contributed by atoms with Gasteiger partial charge in [0.1, 0.15) is 10.8 Å². The predicted molar refractivity (Wildman–Crippen MR) is 82.4 cm³/mol. The average Bonchev–Trinajstić information content (AvgIpc) is 2.80. The Morgan fingerprint density at radius 3 is 2.60 bits per heavy atom. The molecule has 106 valence electrons. The standard InChI is InChI=1S/C15H18FN3S/c1-3-13-8-14(4-2)19(18-13)9-10-5-11(15(17)20)7-12(16)6-10/h5-8H,3-4,9H2,1-2H3,(H2,17,20). The largest absolute Gasteiger partial charge is 0.389 e. The maximum absolute atomic E-state index is 13.6. The monoisotopic (exact) mass is 291 g/mol. The Morgan fingerprint density at radius 2 is 2.00 bits per heavy atom. The Bertz CT molecular complexity index is 634. The van der Waals surface area contributed by atoms with Crippen LogP contribution in [0.5, 0.6) is 0 Å². The molecular formula is C15H18FN3S. The molecule has 1 aromatic carbocycles. The van der Waals surface area contributed by atoms with Crippen LogP contribution in [0.4, 0.5) is 4.39 Å². The maximum Gasteiger partial charge on any atom is 0.124 e. The van der Waals surface area contributed by atoms with Crippen LogP contribution in [-0.2, 0) is 19.4 Å². The minimum absolute atomic E-state index is 0.205. The van der Waals surface area contributed by atoms with Crippen molar-refractivity contribution in [3.63, 3.8) is 0 Å². The third-order valence-electron chi connectivity index (χ3n) is 3.21. The minimum atomic E-state index is -0.328. The number of halogens is 1. The lowest BCUT2D eigenvalue weighted by Crippen LogP contribution is -2.12. The summed E-state index contributed by atoms with van der Waals surface area (Å²) >= 11 is 4.91. The van der Waals surface area contributed by atoms with E-state index in [2.05, 4.69) is 25.0 Å². The zero-order valence-corrected chi connectivity index (χ0v) is 12.5. The average molecular weight is 291 g/mol. The van der Waals surface area contributed by atoms with Gasteiger partial charge < -0.3 is 5.73 Å². The molecule has 0 amide bonds. The van der Waals surface area contributed by atoms with E-state index in [-0.39, 0.29) is 10.8 Å². The molecule has 0 bridgehead atoms. The summed E-state index contributed by atoms with van der Waals surface area (Å²) in [5, 5.41) is 4.53. The molecule has 20 heavy (non-hydrogen) atoms. The van der Waals surface area contributed by atoms with Crippen molar-refractivity contribution in [2.75, 3.05) is 0 Å². The highest BCUT2D eigenvalue weighted by Crippen LogP contribution is 2.13. The zero-order chi connectivity index (χ0) is 14.7. The van der Waals surface area contributed by atoms with Gasteiger partial charge in [-0.15, -0.1) is 0 Å².